The molecule has 0 aliphatic rings. The van der Waals surface area contributed by atoms with E-state index in [1.54, 1.807) is 6.07 Å². The lowest BCUT2D eigenvalue weighted by Gasteiger charge is -2.17. The monoisotopic (exact) mass is 239 g/mol. The van der Waals surface area contributed by atoms with E-state index in [1.165, 1.54) is 18.2 Å². The van der Waals surface area contributed by atoms with Crippen LogP contribution in [0.3, 0.4) is 0 Å². The van der Waals surface area contributed by atoms with Gasteiger partial charge in [0.15, 0.2) is 0 Å². The standard InChI is InChI=1S/C11H10FNO4/c12-10-6(5-13)2-1-3-7(10)11(17)8(14)4-9(15)16/h1-3,8,11,14,17H,4H2,(H,15,16). The number of hydrogen-bond acceptors (Lipinski definition) is 4. The normalized spacial score (nSPS) is 13.8. The van der Waals surface area contributed by atoms with E-state index in [0.717, 1.165) is 0 Å². The number of halogens is 1. The Morgan fingerprint density at radius 1 is 1.47 bits per heavy atom. The Bertz CT molecular complexity index is 469. The number of aliphatic hydroxyl groups is 2. The van der Waals surface area contributed by atoms with Crippen LogP contribution >= 0.6 is 0 Å². The van der Waals surface area contributed by atoms with Crippen molar-refractivity contribution in [3.05, 3.63) is 35.1 Å². The highest BCUT2D eigenvalue weighted by atomic mass is 19.1. The largest absolute Gasteiger partial charge is 0.481 e. The number of carboxylic acids is 1. The van der Waals surface area contributed by atoms with E-state index in [9.17, 15) is 19.4 Å². The average Bonchev–Trinajstić information content (AvgIpc) is 2.27. The molecule has 0 bridgehead atoms. The number of nitrogens with zero attached hydrogens (tertiary/aromatic N) is 1. The van der Waals surface area contributed by atoms with Crippen molar-refractivity contribution in [1.29, 1.82) is 5.26 Å². The zero-order valence-electron chi connectivity index (χ0n) is 8.67. The van der Waals surface area contributed by atoms with E-state index in [4.69, 9.17) is 10.4 Å². The molecule has 5 nitrogen and oxygen atoms in total. The minimum absolute atomic E-state index is 0.274. The van der Waals surface area contributed by atoms with Gasteiger partial charge in [-0.15, -0.1) is 0 Å². The highest BCUT2D eigenvalue weighted by molar-refractivity contribution is 5.67. The first-order valence-corrected chi connectivity index (χ1v) is 4.73. The number of carboxylic acid groups (broad SMARTS) is 1. The van der Waals surface area contributed by atoms with Gasteiger partial charge in [-0.2, -0.15) is 5.26 Å². The molecule has 2 unspecified atom stereocenters. The molecule has 0 heterocycles. The van der Waals surface area contributed by atoms with Crippen molar-refractivity contribution in [1.82, 2.24) is 0 Å². The number of aliphatic carboxylic acids is 1. The minimum atomic E-state index is -1.68. The fraction of sp³-hybridized carbons (Fsp3) is 0.273. The molecule has 0 fully saturated rings. The molecule has 1 aromatic rings. The first-order chi connectivity index (χ1) is 7.97. The molecule has 6 heteroatoms. The summed E-state index contributed by atoms with van der Waals surface area (Å²) in [5, 5.41) is 35.9. The van der Waals surface area contributed by atoms with Crippen molar-refractivity contribution < 1.29 is 24.5 Å². The number of nitriles is 1. The van der Waals surface area contributed by atoms with E-state index in [1.807, 2.05) is 0 Å². The van der Waals surface area contributed by atoms with E-state index >= 15 is 0 Å². The van der Waals surface area contributed by atoms with Crippen LogP contribution in [0.1, 0.15) is 23.7 Å². The second-order valence-corrected chi connectivity index (χ2v) is 3.43. The van der Waals surface area contributed by atoms with Gasteiger partial charge < -0.3 is 15.3 Å². The molecule has 3 N–H and O–H groups in total. The van der Waals surface area contributed by atoms with Gasteiger partial charge in [0.1, 0.15) is 18.0 Å². The van der Waals surface area contributed by atoms with Gasteiger partial charge in [-0.25, -0.2) is 4.39 Å². The van der Waals surface area contributed by atoms with Crippen molar-refractivity contribution >= 4 is 5.97 Å². The molecule has 0 aromatic heterocycles. The maximum atomic E-state index is 13.6. The number of aliphatic hydroxyl groups excluding tert-OH is 2. The molecule has 1 aromatic carbocycles. The highest BCUT2D eigenvalue weighted by Gasteiger charge is 2.24. The molecule has 2 atom stereocenters. The average molecular weight is 239 g/mol. The summed E-state index contributed by atoms with van der Waals surface area (Å²) in [5.41, 5.74) is -0.568. The van der Waals surface area contributed by atoms with Crippen molar-refractivity contribution in [2.24, 2.45) is 0 Å². The van der Waals surface area contributed by atoms with Crippen LogP contribution in [0.4, 0.5) is 4.39 Å². The van der Waals surface area contributed by atoms with E-state index < -0.39 is 30.4 Å². The zero-order chi connectivity index (χ0) is 13.0. The smallest absolute Gasteiger partial charge is 0.306 e. The maximum absolute atomic E-state index is 13.6. The van der Waals surface area contributed by atoms with Crippen molar-refractivity contribution in [3.8, 4) is 6.07 Å². The fourth-order valence-electron chi connectivity index (χ4n) is 1.36. The van der Waals surface area contributed by atoms with Gasteiger partial charge in [0.25, 0.3) is 0 Å². The fourth-order valence-corrected chi connectivity index (χ4v) is 1.36. The number of hydrogen-bond donors (Lipinski definition) is 3. The Labute approximate surface area is 96.4 Å². The number of carbonyl (C=O) groups is 1. The lowest BCUT2D eigenvalue weighted by atomic mass is 9.99. The van der Waals surface area contributed by atoms with Gasteiger partial charge in [-0.3, -0.25) is 4.79 Å². The summed E-state index contributed by atoms with van der Waals surface area (Å²) in [5.74, 6) is -2.26. The topological polar surface area (TPSA) is 102 Å². The Balaban J connectivity index is 3.00. The second-order valence-electron chi connectivity index (χ2n) is 3.43. The Kier molecular flexibility index (Phi) is 4.15. The van der Waals surface area contributed by atoms with E-state index in [0.29, 0.717) is 0 Å². The maximum Gasteiger partial charge on any atom is 0.306 e. The molecular weight excluding hydrogens is 229 g/mol. The molecule has 17 heavy (non-hydrogen) atoms. The second kappa shape index (κ2) is 5.39. The van der Waals surface area contributed by atoms with Crippen LogP contribution in [0.25, 0.3) is 0 Å². The predicted octanol–water partition coefficient (Wildman–Crippen LogP) is 0.566. The molecule has 0 saturated carbocycles. The molecule has 0 radical (unpaired) electrons. The van der Waals surface area contributed by atoms with Crippen molar-refractivity contribution in [3.63, 3.8) is 0 Å². The van der Waals surface area contributed by atoms with Crippen molar-refractivity contribution in [2.45, 2.75) is 18.6 Å². The predicted molar refractivity (Wildman–Crippen MR) is 54.3 cm³/mol. The van der Waals surface area contributed by atoms with Gasteiger partial charge >= 0.3 is 5.97 Å². The van der Waals surface area contributed by atoms with Crippen LogP contribution in [-0.2, 0) is 4.79 Å². The van der Waals surface area contributed by atoms with E-state index in [2.05, 4.69) is 0 Å². The van der Waals surface area contributed by atoms with E-state index in [-0.39, 0.29) is 11.1 Å². The van der Waals surface area contributed by atoms with Crippen molar-refractivity contribution in [2.75, 3.05) is 0 Å². The highest BCUT2D eigenvalue weighted by Crippen LogP contribution is 2.23. The summed E-state index contributed by atoms with van der Waals surface area (Å²) in [4.78, 5) is 10.3. The number of rotatable bonds is 4. The first-order valence-electron chi connectivity index (χ1n) is 4.73. The molecular formula is C11H10FNO4. The quantitative estimate of drug-likeness (QED) is 0.712. The summed E-state index contributed by atoms with van der Waals surface area (Å²) < 4.78 is 13.6. The van der Waals surface area contributed by atoms with Crippen LogP contribution in [0, 0.1) is 17.1 Å². The summed E-state index contributed by atoms with van der Waals surface area (Å²) in [6.07, 6.45) is -4.02. The molecule has 90 valence electrons. The lowest BCUT2D eigenvalue weighted by molar-refractivity contribution is -0.141. The summed E-state index contributed by atoms with van der Waals surface area (Å²) in [7, 11) is 0. The van der Waals surface area contributed by atoms with Gasteiger partial charge in [0.05, 0.1) is 18.1 Å². The van der Waals surface area contributed by atoms with Crippen LogP contribution < -0.4 is 0 Å². The minimum Gasteiger partial charge on any atom is -0.481 e. The van der Waals surface area contributed by atoms with Gasteiger partial charge in [-0.05, 0) is 6.07 Å². The molecule has 0 aliphatic heterocycles. The third-order valence-electron chi connectivity index (χ3n) is 2.22. The SMILES string of the molecule is N#Cc1cccc(C(O)C(O)CC(=O)O)c1F. The van der Waals surface area contributed by atoms with Gasteiger partial charge in [-0.1, -0.05) is 12.1 Å². The van der Waals surface area contributed by atoms with Crippen LogP contribution in [0.5, 0.6) is 0 Å². The van der Waals surface area contributed by atoms with Gasteiger partial charge in [0.2, 0.25) is 0 Å². The zero-order valence-corrected chi connectivity index (χ0v) is 8.67. The Morgan fingerprint density at radius 3 is 2.65 bits per heavy atom. The van der Waals surface area contributed by atoms with Crippen LogP contribution in [-0.4, -0.2) is 27.4 Å². The lowest BCUT2D eigenvalue weighted by Crippen LogP contribution is -2.22. The van der Waals surface area contributed by atoms with Gasteiger partial charge in [0, 0.05) is 5.56 Å². The summed E-state index contributed by atoms with van der Waals surface area (Å²) in [6.45, 7) is 0. The summed E-state index contributed by atoms with van der Waals surface area (Å²) in [6, 6.07) is 5.33. The molecule has 0 aliphatic carbocycles. The molecule has 1 rings (SSSR count). The Hall–Kier alpha value is -1.97. The number of benzene rings is 1. The summed E-state index contributed by atoms with van der Waals surface area (Å²) >= 11 is 0. The Morgan fingerprint density at radius 2 is 2.12 bits per heavy atom. The molecule has 0 spiro atoms. The van der Waals surface area contributed by atoms with Crippen LogP contribution in [0.2, 0.25) is 0 Å². The molecule has 0 saturated heterocycles. The third-order valence-corrected chi connectivity index (χ3v) is 2.22. The third kappa shape index (κ3) is 3.00. The molecule has 0 amide bonds. The first kappa shape index (κ1) is 13.1. The van der Waals surface area contributed by atoms with Crippen LogP contribution in [0.15, 0.2) is 18.2 Å².